The number of carbonyl (C=O) groups is 2. The summed E-state index contributed by atoms with van der Waals surface area (Å²) >= 11 is 0. The number of nitrogens with zero attached hydrogens (tertiary/aromatic N) is 4. The Bertz CT molecular complexity index is 713. The molecule has 122 valence electrons. The fourth-order valence-corrected chi connectivity index (χ4v) is 2.79. The van der Waals surface area contributed by atoms with Crippen molar-refractivity contribution in [2.24, 2.45) is 5.41 Å². The molecule has 7 nitrogen and oxygen atoms in total. The summed E-state index contributed by atoms with van der Waals surface area (Å²) in [7, 11) is 0. The standard InChI is InChI=1S/C16H21N5O2/c1-16(2,3)10-21-8-11(7-13(21)22)18-14(23)12-9-20-6-4-5-17-15(20)19-12/h4-6,9,11H,7-8,10H2,1-3H3,(H,18,23). The second-order valence-corrected chi connectivity index (χ2v) is 7.16. The van der Waals surface area contributed by atoms with Crippen molar-refractivity contribution in [1.29, 1.82) is 0 Å². The summed E-state index contributed by atoms with van der Waals surface area (Å²) in [6.07, 6.45) is 5.40. The van der Waals surface area contributed by atoms with E-state index in [0.29, 0.717) is 31.0 Å². The van der Waals surface area contributed by atoms with E-state index in [-0.39, 0.29) is 23.3 Å². The summed E-state index contributed by atoms with van der Waals surface area (Å²) < 4.78 is 1.70. The van der Waals surface area contributed by atoms with Gasteiger partial charge in [0, 0.05) is 38.1 Å². The second kappa shape index (κ2) is 5.64. The van der Waals surface area contributed by atoms with Crippen LogP contribution in [0, 0.1) is 5.41 Å². The van der Waals surface area contributed by atoms with Crippen LogP contribution in [-0.4, -0.2) is 50.2 Å². The largest absolute Gasteiger partial charge is 0.346 e. The molecule has 0 radical (unpaired) electrons. The van der Waals surface area contributed by atoms with E-state index in [1.54, 1.807) is 29.1 Å². The van der Waals surface area contributed by atoms with Crippen molar-refractivity contribution in [3.8, 4) is 0 Å². The molecule has 1 aliphatic rings. The number of hydrogen-bond acceptors (Lipinski definition) is 4. The molecule has 1 fully saturated rings. The Morgan fingerprint density at radius 2 is 2.22 bits per heavy atom. The number of amides is 2. The van der Waals surface area contributed by atoms with E-state index < -0.39 is 0 Å². The van der Waals surface area contributed by atoms with Gasteiger partial charge in [-0.25, -0.2) is 9.97 Å². The smallest absolute Gasteiger partial charge is 0.271 e. The average Bonchev–Trinajstić information content (AvgIpc) is 3.01. The molecule has 2 aromatic rings. The van der Waals surface area contributed by atoms with Crippen LogP contribution in [0.3, 0.4) is 0 Å². The third kappa shape index (κ3) is 3.49. The Morgan fingerprint density at radius 3 is 2.91 bits per heavy atom. The van der Waals surface area contributed by atoms with E-state index in [4.69, 9.17) is 0 Å². The Kier molecular flexibility index (Phi) is 3.79. The van der Waals surface area contributed by atoms with E-state index in [0.717, 1.165) is 0 Å². The number of hydrogen-bond donors (Lipinski definition) is 1. The number of rotatable bonds is 3. The van der Waals surface area contributed by atoms with Crippen molar-refractivity contribution >= 4 is 17.6 Å². The molecule has 0 spiro atoms. The van der Waals surface area contributed by atoms with Gasteiger partial charge in [0.05, 0.1) is 6.04 Å². The van der Waals surface area contributed by atoms with Gasteiger partial charge in [0.15, 0.2) is 0 Å². The first-order valence-electron chi connectivity index (χ1n) is 7.70. The molecule has 1 unspecified atom stereocenters. The quantitative estimate of drug-likeness (QED) is 0.920. The molecule has 7 heteroatoms. The molecule has 1 atom stereocenters. The lowest BCUT2D eigenvalue weighted by atomic mass is 9.96. The van der Waals surface area contributed by atoms with Crippen molar-refractivity contribution in [1.82, 2.24) is 24.6 Å². The number of fused-ring (bicyclic) bond motifs is 1. The number of carbonyl (C=O) groups excluding carboxylic acids is 2. The summed E-state index contributed by atoms with van der Waals surface area (Å²) in [6, 6.07) is 1.60. The van der Waals surface area contributed by atoms with Crippen LogP contribution in [0.4, 0.5) is 0 Å². The lowest BCUT2D eigenvalue weighted by molar-refractivity contribution is -0.128. The molecule has 3 heterocycles. The van der Waals surface area contributed by atoms with Gasteiger partial charge in [-0.05, 0) is 11.5 Å². The van der Waals surface area contributed by atoms with Gasteiger partial charge in [-0.1, -0.05) is 20.8 Å². The van der Waals surface area contributed by atoms with Crippen molar-refractivity contribution in [3.05, 3.63) is 30.4 Å². The molecule has 0 aromatic carbocycles. The summed E-state index contributed by atoms with van der Waals surface area (Å²) in [4.78, 5) is 34.5. The third-order valence-corrected chi connectivity index (χ3v) is 3.68. The van der Waals surface area contributed by atoms with Gasteiger partial charge in [0.1, 0.15) is 5.69 Å². The zero-order chi connectivity index (χ0) is 16.6. The maximum absolute atomic E-state index is 12.3. The Hall–Kier alpha value is -2.44. The molecule has 0 saturated carbocycles. The number of nitrogens with one attached hydrogen (secondary N) is 1. The second-order valence-electron chi connectivity index (χ2n) is 7.16. The summed E-state index contributed by atoms with van der Waals surface area (Å²) in [5.74, 6) is 0.294. The maximum atomic E-state index is 12.3. The van der Waals surface area contributed by atoms with E-state index in [2.05, 4.69) is 36.1 Å². The minimum atomic E-state index is -0.272. The SMILES string of the molecule is CC(C)(C)CN1CC(NC(=O)c2cn3cccnc3n2)CC1=O. The maximum Gasteiger partial charge on any atom is 0.271 e. The van der Waals surface area contributed by atoms with Crippen molar-refractivity contribution in [2.75, 3.05) is 13.1 Å². The summed E-state index contributed by atoms with van der Waals surface area (Å²) in [6.45, 7) is 7.52. The number of imidazole rings is 1. The highest BCUT2D eigenvalue weighted by atomic mass is 16.2. The Morgan fingerprint density at radius 1 is 1.43 bits per heavy atom. The van der Waals surface area contributed by atoms with Crippen LogP contribution in [0.2, 0.25) is 0 Å². The highest BCUT2D eigenvalue weighted by Crippen LogP contribution is 2.20. The molecule has 1 aliphatic heterocycles. The first-order valence-corrected chi connectivity index (χ1v) is 7.70. The first-order chi connectivity index (χ1) is 10.8. The van der Waals surface area contributed by atoms with Gasteiger partial charge in [0.2, 0.25) is 11.7 Å². The summed E-state index contributed by atoms with van der Waals surface area (Å²) in [5.41, 5.74) is 0.354. The predicted molar refractivity (Wildman–Crippen MR) is 84.9 cm³/mol. The highest BCUT2D eigenvalue weighted by molar-refractivity contribution is 5.93. The Balaban J connectivity index is 1.65. The van der Waals surface area contributed by atoms with Gasteiger partial charge in [-0.3, -0.25) is 14.0 Å². The van der Waals surface area contributed by atoms with E-state index in [1.807, 2.05) is 4.90 Å². The minimum absolute atomic E-state index is 0.0435. The minimum Gasteiger partial charge on any atom is -0.346 e. The van der Waals surface area contributed by atoms with Crippen LogP contribution < -0.4 is 5.32 Å². The summed E-state index contributed by atoms with van der Waals surface area (Å²) in [5, 5.41) is 2.90. The lowest BCUT2D eigenvalue weighted by Gasteiger charge is -2.26. The van der Waals surface area contributed by atoms with Crippen molar-refractivity contribution in [3.63, 3.8) is 0 Å². The van der Waals surface area contributed by atoms with Crippen LogP contribution in [0.15, 0.2) is 24.7 Å². The van der Waals surface area contributed by atoms with Gasteiger partial charge >= 0.3 is 0 Å². The van der Waals surface area contributed by atoms with Crippen LogP contribution in [0.5, 0.6) is 0 Å². The van der Waals surface area contributed by atoms with E-state index in [1.165, 1.54) is 0 Å². The van der Waals surface area contributed by atoms with Crippen LogP contribution in [0.25, 0.3) is 5.78 Å². The molecule has 1 saturated heterocycles. The zero-order valence-corrected chi connectivity index (χ0v) is 13.6. The van der Waals surface area contributed by atoms with Crippen LogP contribution >= 0.6 is 0 Å². The predicted octanol–water partition coefficient (Wildman–Crippen LogP) is 1.11. The average molecular weight is 315 g/mol. The van der Waals surface area contributed by atoms with Crippen LogP contribution in [0.1, 0.15) is 37.7 Å². The number of likely N-dealkylation sites (tertiary alicyclic amines) is 1. The molecular weight excluding hydrogens is 294 g/mol. The molecule has 0 bridgehead atoms. The normalized spacial score (nSPS) is 18.7. The van der Waals surface area contributed by atoms with Crippen molar-refractivity contribution < 1.29 is 9.59 Å². The monoisotopic (exact) mass is 315 g/mol. The molecule has 3 rings (SSSR count). The molecule has 2 aromatic heterocycles. The fraction of sp³-hybridized carbons (Fsp3) is 0.500. The van der Waals surface area contributed by atoms with Crippen LogP contribution in [-0.2, 0) is 4.79 Å². The van der Waals surface area contributed by atoms with Gasteiger partial charge in [-0.2, -0.15) is 0 Å². The molecule has 1 N–H and O–H groups in total. The van der Waals surface area contributed by atoms with Gasteiger partial charge in [0.25, 0.3) is 5.91 Å². The molecular formula is C16H21N5O2. The Labute approximate surface area is 134 Å². The topological polar surface area (TPSA) is 79.6 Å². The molecule has 2 amide bonds. The van der Waals surface area contributed by atoms with E-state index in [9.17, 15) is 9.59 Å². The highest BCUT2D eigenvalue weighted by Gasteiger charge is 2.33. The first kappa shape index (κ1) is 15.5. The van der Waals surface area contributed by atoms with Crippen molar-refractivity contribution in [2.45, 2.75) is 33.2 Å². The molecule has 23 heavy (non-hydrogen) atoms. The zero-order valence-electron chi connectivity index (χ0n) is 13.6. The van der Waals surface area contributed by atoms with Gasteiger partial charge < -0.3 is 10.2 Å². The van der Waals surface area contributed by atoms with Gasteiger partial charge in [-0.15, -0.1) is 0 Å². The third-order valence-electron chi connectivity index (χ3n) is 3.68. The number of aromatic nitrogens is 3. The molecule has 0 aliphatic carbocycles. The van der Waals surface area contributed by atoms with E-state index >= 15 is 0 Å². The lowest BCUT2D eigenvalue weighted by Crippen LogP contribution is -2.39. The fourth-order valence-electron chi connectivity index (χ4n) is 2.79.